The fourth-order valence-electron chi connectivity index (χ4n) is 5.92. The lowest BCUT2D eigenvalue weighted by Crippen LogP contribution is -2.61. The number of aliphatic hydroxyl groups excluding tert-OH is 1. The van der Waals surface area contributed by atoms with Crippen LogP contribution in [0.5, 0.6) is 0 Å². The smallest absolute Gasteiger partial charge is 0.270 e. The molecule has 1 aliphatic carbocycles. The van der Waals surface area contributed by atoms with Gasteiger partial charge in [-0.15, -0.1) is 0 Å². The largest absolute Gasteiger partial charge is 0.395 e. The Morgan fingerprint density at radius 3 is 2.90 bits per heavy atom. The van der Waals surface area contributed by atoms with Crippen LogP contribution in [0.1, 0.15) is 29.8 Å². The van der Waals surface area contributed by atoms with Crippen LogP contribution in [0.2, 0.25) is 0 Å². The van der Waals surface area contributed by atoms with Gasteiger partial charge in [-0.3, -0.25) is 15.1 Å². The lowest BCUT2D eigenvalue weighted by Gasteiger charge is -2.45. The number of hydrogen-bond donors (Lipinski definition) is 3. The van der Waals surface area contributed by atoms with Crippen LogP contribution < -0.4 is 5.43 Å². The Morgan fingerprint density at radius 2 is 2.10 bits per heavy atom. The predicted octanol–water partition coefficient (Wildman–Crippen LogP) is 1.03. The number of rotatable bonds is 3. The van der Waals surface area contributed by atoms with Crippen molar-refractivity contribution in [3.63, 3.8) is 0 Å². The maximum Gasteiger partial charge on any atom is 0.270 e. The van der Waals surface area contributed by atoms with Crippen LogP contribution in [-0.2, 0) is 0 Å². The van der Waals surface area contributed by atoms with Crippen LogP contribution in [0.25, 0.3) is 10.9 Å². The van der Waals surface area contributed by atoms with Gasteiger partial charge in [0.25, 0.3) is 5.91 Å². The highest BCUT2D eigenvalue weighted by Crippen LogP contribution is 2.47. The second-order valence-corrected chi connectivity index (χ2v) is 9.30. The second kappa shape index (κ2) is 6.54. The molecule has 1 aromatic heterocycles. The molecule has 3 aliphatic heterocycles. The fraction of sp³-hybridized carbons (Fsp3) is 0.591. The van der Waals surface area contributed by atoms with Crippen LogP contribution in [0.15, 0.2) is 30.3 Å². The summed E-state index contributed by atoms with van der Waals surface area (Å²) in [7, 11) is 0. The lowest BCUT2D eigenvalue weighted by molar-refractivity contribution is -0.00557. The molecule has 1 amide bonds. The molecule has 154 valence electrons. The standard InChI is InChI=1S/C22H29N5O2/c28-10-9-26-13-20-16-12-25(8-5-18(16)24-27(20)14-22(26)6-7-22)21(29)19-11-15-3-1-2-4-17(15)23-19/h1-4,11,16,18,20,23-24,28H,5-10,12-14H2. The SMILES string of the molecule is O=C(c1cc2ccccc2[nH]1)N1CCC2NN3CC4(CC4)N(CCO)CC3C2C1. The first kappa shape index (κ1) is 17.9. The predicted molar refractivity (Wildman–Crippen MR) is 110 cm³/mol. The highest BCUT2D eigenvalue weighted by molar-refractivity contribution is 5.98. The van der Waals surface area contributed by atoms with Gasteiger partial charge in [0.1, 0.15) is 5.69 Å². The minimum atomic E-state index is 0.111. The number of para-hydroxylation sites is 1. The number of amides is 1. The normalized spacial score (nSPS) is 31.2. The number of carbonyl (C=O) groups excluding carboxylic acids is 1. The highest BCUT2D eigenvalue weighted by atomic mass is 16.3. The number of likely N-dealkylation sites (tertiary alicyclic amines) is 1. The Bertz CT molecular complexity index is 905. The number of piperidine rings is 1. The molecule has 1 saturated carbocycles. The molecule has 3 unspecified atom stereocenters. The van der Waals surface area contributed by atoms with Crippen molar-refractivity contribution in [2.75, 3.05) is 39.3 Å². The van der Waals surface area contributed by atoms with Crippen molar-refractivity contribution >= 4 is 16.8 Å². The van der Waals surface area contributed by atoms with Crippen molar-refractivity contribution in [1.82, 2.24) is 25.2 Å². The summed E-state index contributed by atoms with van der Waals surface area (Å²) in [6.07, 6.45) is 3.47. The van der Waals surface area contributed by atoms with E-state index in [1.54, 1.807) is 0 Å². The number of nitrogens with one attached hydrogen (secondary N) is 2. The van der Waals surface area contributed by atoms with E-state index in [0.717, 1.165) is 50.0 Å². The van der Waals surface area contributed by atoms with Gasteiger partial charge in [-0.2, -0.15) is 0 Å². The summed E-state index contributed by atoms with van der Waals surface area (Å²) in [5.74, 6) is 0.550. The number of aliphatic hydroxyl groups is 1. The van der Waals surface area contributed by atoms with Crippen molar-refractivity contribution in [2.45, 2.75) is 36.9 Å². The van der Waals surface area contributed by atoms with Crippen LogP contribution in [0.4, 0.5) is 0 Å². The molecule has 3 N–H and O–H groups in total. The maximum atomic E-state index is 13.2. The number of hydrogen-bond acceptors (Lipinski definition) is 5. The van der Waals surface area contributed by atoms with Crippen molar-refractivity contribution < 1.29 is 9.90 Å². The van der Waals surface area contributed by atoms with Gasteiger partial charge in [0.05, 0.1) is 6.61 Å². The number of H-pyrrole nitrogens is 1. The summed E-state index contributed by atoms with van der Waals surface area (Å²) in [4.78, 5) is 21.1. The minimum Gasteiger partial charge on any atom is -0.395 e. The molecule has 1 spiro atoms. The van der Waals surface area contributed by atoms with Gasteiger partial charge in [-0.25, -0.2) is 5.01 Å². The number of nitrogens with zero attached hydrogens (tertiary/aromatic N) is 3. The van der Waals surface area contributed by atoms with E-state index in [1.165, 1.54) is 12.8 Å². The zero-order valence-corrected chi connectivity index (χ0v) is 16.7. The fourth-order valence-corrected chi connectivity index (χ4v) is 5.92. The Kier molecular flexibility index (Phi) is 4.03. The summed E-state index contributed by atoms with van der Waals surface area (Å²) in [6.45, 7) is 4.62. The maximum absolute atomic E-state index is 13.2. The topological polar surface area (TPSA) is 74.8 Å². The third-order valence-electron chi connectivity index (χ3n) is 7.67. The number of fused-ring (bicyclic) bond motifs is 4. The van der Waals surface area contributed by atoms with Gasteiger partial charge in [0, 0.05) is 67.2 Å². The molecule has 4 aliphatic rings. The number of benzene rings is 1. The van der Waals surface area contributed by atoms with E-state index in [1.807, 2.05) is 35.2 Å². The summed E-state index contributed by atoms with van der Waals surface area (Å²) < 4.78 is 0. The highest BCUT2D eigenvalue weighted by Gasteiger charge is 2.57. The van der Waals surface area contributed by atoms with E-state index < -0.39 is 0 Å². The summed E-state index contributed by atoms with van der Waals surface area (Å²) >= 11 is 0. The Balaban J connectivity index is 1.21. The van der Waals surface area contributed by atoms with Gasteiger partial charge in [0.2, 0.25) is 0 Å². The van der Waals surface area contributed by atoms with Crippen molar-refractivity contribution in [3.05, 3.63) is 36.0 Å². The van der Waals surface area contributed by atoms with Crippen LogP contribution >= 0.6 is 0 Å². The van der Waals surface area contributed by atoms with E-state index in [4.69, 9.17) is 0 Å². The molecule has 7 nitrogen and oxygen atoms in total. The average molecular weight is 396 g/mol. The number of aromatic nitrogens is 1. The molecule has 2 aromatic rings. The number of aromatic amines is 1. The molecule has 3 atom stereocenters. The first-order valence-corrected chi connectivity index (χ1v) is 10.9. The third kappa shape index (κ3) is 2.83. The third-order valence-corrected chi connectivity index (χ3v) is 7.67. The average Bonchev–Trinajstić information content (AvgIpc) is 3.22. The summed E-state index contributed by atoms with van der Waals surface area (Å²) in [6, 6.07) is 10.9. The molecule has 0 bridgehead atoms. The molecule has 29 heavy (non-hydrogen) atoms. The van der Waals surface area contributed by atoms with Crippen molar-refractivity contribution in [3.8, 4) is 0 Å². The molecule has 0 radical (unpaired) electrons. The zero-order chi connectivity index (χ0) is 19.6. The minimum absolute atomic E-state index is 0.111. The van der Waals surface area contributed by atoms with Gasteiger partial charge >= 0.3 is 0 Å². The first-order chi connectivity index (χ1) is 14.2. The molecular weight excluding hydrogens is 366 g/mol. The molecule has 3 saturated heterocycles. The molecule has 6 rings (SSSR count). The number of piperazine rings is 1. The Labute approximate surface area is 170 Å². The van der Waals surface area contributed by atoms with Gasteiger partial charge in [0.15, 0.2) is 0 Å². The van der Waals surface area contributed by atoms with E-state index in [0.29, 0.717) is 23.7 Å². The number of hydrazine groups is 1. The van der Waals surface area contributed by atoms with Crippen LogP contribution in [0.3, 0.4) is 0 Å². The number of carbonyl (C=O) groups is 1. The van der Waals surface area contributed by atoms with Crippen LogP contribution in [-0.4, -0.2) is 87.8 Å². The molecule has 4 heterocycles. The van der Waals surface area contributed by atoms with Crippen molar-refractivity contribution in [2.24, 2.45) is 5.92 Å². The molecule has 7 heteroatoms. The molecule has 4 fully saturated rings. The van der Waals surface area contributed by atoms with E-state index >= 15 is 0 Å². The summed E-state index contributed by atoms with van der Waals surface area (Å²) in [5.41, 5.74) is 5.75. The summed E-state index contributed by atoms with van der Waals surface area (Å²) in [5, 5.41) is 13.1. The van der Waals surface area contributed by atoms with Gasteiger partial charge < -0.3 is 15.0 Å². The quantitative estimate of drug-likeness (QED) is 0.724. The first-order valence-electron chi connectivity index (χ1n) is 10.9. The Morgan fingerprint density at radius 1 is 1.24 bits per heavy atom. The molecule has 1 aromatic carbocycles. The van der Waals surface area contributed by atoms with Crippen LogP contribution in [0, 0.1) is 5.92 Å². The monoisotopic (exact) mass is 395 g/mol. The molecular formula is C22H29N5O2. The van der Waals surface area contributed by atoms with E-state index in [-0.39, 0.29) is 18.1 Å². The Hall–Kier alpha value is -1.93. The number of β-amino-alcohol motifs (C(OH)–C–C–N with tert-alkyl or cyclic N) is 1. The van der Waals surface area contributed by atoms with E-state index in [9.17, 15) is 9.90 Å². The van der Waals surface area contributed by atoms with Gasteiger partial charge in [-0.1, -0.05) is 18.2 Å². The zero-order valence-electron chi connectivity index (χ0n) is 16.7. The van der Waals surface area contributed by atoms with E-state index in [2.05, 4.69) is 20.3 Å². The second-order valence-electron chi connectivity index (χ2n) is 9.30. The van der Waals surface area contributed by atoms with Crippen molar-refractivity contribution in [1.29, 1.82) is 0 Å². The van der Waals surface area contributed by atoms with Gasteiger partial charge in [-0.05, 0) is 31.4 Å². The lowest BCUT2D eigenvalue weighted by atomic mass is 9.86.